The highest BCUT2D eigenvalue weighted by molar-refractivity contribution is 5.82. The summed E-state index contributed by atoms with van der Waals surface area (Å²) in [6.07, 6.45) is 5.39. The van der Waals surface area contributed by atoms with Gasteiger partial charge in [0.05, 0.1) is 18.4 Å². The van der Waals surface area contributed by atoms with E-state index in [0.717, 1.165) is 0 Å². The molecular weight excluding hydrogens is 252 g/mol. The summed E-state index contributed by atoms with van der Waals surface area (Å²) in [5, 5.41) is 3.09. The summed E-state index contributed by atoms with van der Waals surface area (Å²) in [5.74, 6) is -0.0995. The molecule has 0 saturated carbocycles. The molecule has 0 fully saturated rings. The van der Waals surface area contributed by atoms with Crippen LogP contribution in [0.3, 0.4) is 0 Å². The first kappa shape index (κ1) is 16.7. The van der Waals surface area contributed by atoms with Gasteiger partial charge in [-0.2, -0.15) is 0 Å². The van der Waals surface area contributed by atoms with E-state index < -0.39 is 6.04 Å². The smallest absolute Gasteiger partial charge is 0.237 e. The molecule has 1 amide bonds. The molecule has 1 heterocycles. The molecule has 0 saturated heterocycles. The van der Waals surface area contributed by atoms with Gasteiger partial charge in [-0.3, -0.25) is 4.79 Å². The van der Waals surface area contributed by atoms with Crippen LogP contribution in [0, 0.1) is 10.8 Å². The molecule has 5 nitrogen and oxygen atoms in total. The van der Waals surface area contributed by atoms with Gasteiger partial charge in [0.1, 0.15) is 0 Å². The van der Waals surface area contributed by atoms with Gasteiger partial charge in [0.2, 0.25) is 5.91 Å². The van der Waals surface area contributed by atoms with Gasteiger partial charge in [0.25, 0.3) is 0 Å². The van der Waals surface area contributed by atoms with Crippen molar-refractivity contribution in [2.24, 2.45) is 16.6 Å². The third kappa shape index (κ3) is 4.63. The zero-order valence-electron chi connectivity index (χ0n) is 13.5. The van der Waals surface area contributed by atoms with Crippen molar-refractivity contribution in [1.29, 1.82) is 0 Å². The number of carbonyl (C=O) groups is 1. The molecule has 0 aromatic carbocycles. The summed E-state index contributed by atoms with van der Waals surface area (Å²) >= 11 is 0. The van der Waals surface area contributed by atoms with Gasteiger partial charge >= 0.3 is 0 Å². The molecule has 0 bridgehead atoms. The molecule has 114 valence electrons. The Hall–Kier alpha value is -1.36. The van der Waals surface area contributed by atoms with E-state index in [1.807, 2.05) is 31.5 Å². The average molecular weight is 280 g/mol. The molecule has 5 heteroatoms. The van der Waals surface area contributed by atoms with Crippen molar-refractivity contribution in [1.82, 2.24) is 14.9 Å². The Labute approximate surface area is 122 Å². The highest BCUT2D eigenvalue weighted by Crippen LogP contribution is 2.22. The third-order valence-electron chi connectivity index (χ3n) is 3.53. The minimum Gasteiger partial charge on any atom is -0.350 e. The normalized spacial score (nSPS) is 15.8. The lowest BCUT2D eigenvalue weighted by Crippen LogP contribution is -2.55. The number of carbonyl (C=O) groups excluding carboxylic acids is 1. The number of aromatic nitrogens is 2. The summed E-state index contributed by atoms with van der Waals surface area (Å²) in [4.78, 5) is 16.4. The summed E-state index contributed by atoms with van der Waals surface area (Å²) < 4.78 is 1.97. The van der Waals surface area contributed by atoms with Gasteiger partial charge in [-0.1, -0.05) is 41.5 Å². The van der Waals surface area contributed by atoms with Crippen molar-refractivity contribution >= 4 is 5.91 Å². The maximum Gasteiger partial charge on any atom is 0.237 e. The van der Waals surface area contributed by atoms with Gasteiger partial charge in [-0.15, -0.1) is 0 Å². The number of nitrogens with two attached hydrogens (primary N) is 1. The molecule has 0 aliphatic heterocycles. The summed E-state index contributed by atoms with van der Waals surface area (Å²) in [7, 11) is 0. The Morgan fingerprint density at radius 3 is 2.25 bits per heavy atom. The molecular formula is C15H28N4O. The Bertz CT molecular complexity index is 426. The maximum atomic E-state index is 12.3. The molecule has 0 aliphatic rings. The largest absolute Gasteiger partial charge is 0.350 e. The number of hydrogen-bond donors (Lipinski definition) is 2. The Morgan fingerprint density at radius 1 is 1.25 bits per heavy atom. The lowest BCUT2D eigenvalue weighted by molar-refractivity contribution is -0.126. The highest BCUT2D eigenvalue weighted by atomic mass is 16.2. The van der Waals surface area contributed by atoms with Crippen LogP contribution in [-0.4, -0.2) is 27.5 Å². The molecule has 2 atom stereocenters. The lowest BCUT2D eigenvalue weighted by Gasteiger charge is -2.34. The number of hydrogen-bond acceptors (Lipinski definition) is 3. The predicted octanol–water partition coefficient (Wildman–Crippen LogP) is 1.79. The fourth-order valence-electron chi connectivity index (χ4n) is 1.80. The number of amides is 1. The van der Waals surface area contributed by atoms with Crippen molar-refractivity contribution in [3.8, 4) is 0 Å². The molecule has 3 N–H and O–H groups in total. The SMILES string of the molecule is CC(C)(C)C(Cn1ccnc1)NC(=O)C(N)C(C)(C)C. The van der Waals surface area contributed by atoms with E-state index in [1.165, 1.54) is 0 Å². The molecule has 0 aliphatic carbocycles. The van der Waals surface area contributed by atoms with Crippen molar-refractivity contribution in [3.05, 3.63) is 18.7 Å². The monoisotopic (exact) mass is 280 g/mol. The standard InChI is InChI=1S/C15H28N4O/c1-14(2,3)11(9-19-8-7-17-10-19)18-13(20)12(16)15(4,5)6/h7-8,10-12H,9,16H2,1-6H3,(H,18,20). The van der Waals surface area contributed by atoms with Crippen molar-refractivity contribution in [2.45, 2.75) is 60.2 Å². The Kier molecular flexibility index (Phi) is 4.97. The summed E-state index contributed by atoms with van der Waals surface area (Å²) in [6, 6.07) is -0.521. The Balaban J connectivity index is 2.78. The van der Waals surface area contributed by atoms with Crippen LogP contribution in [0.5, 0.6) is 0 Å². The van der Waals surface area contributed by atoms with Gasteiger partial charge in [-0.25, -0.2) is 4.98 Å². The molecule has 2 unspecified atom stereocenters. The van der Waals surface area contributed by atoms with Crippen LogP contribution in [0.4, 0.5) is 0 Å². The van der Waals surface area contributed by atoms with Crippen molar-refractivity contribution < 1.29 is 4.79 Å². The van der Waals surface area contributed by atoms with Crippen LogP contribution in [0.15, 0.2) is 18.7 Å². The third-order valence-corrected chi connectivity index (χ3v) is 3.53. The van der Waals surface area contributed by atoms with Gasteiger partial charge in [0.15, 0.2) is 0 Å². The minimum absolute atomic E-state index is 0.00222. The molecule has 1 aromatic heterocycles. The van der Waals surface area contributed by atoms with E-state index in [-0.39, 0.29) is 22.8 Å². The maximum absolute atomic E-state index is 12.3. The first-order valence-electron chi connectivity index (χ1n) is 7.03. The fourth-order valence-corrected chi connectivity index (χ4v) is 1.80. The summed E-state index contributed by atoms with van der Waals surface area (Å²) in [5.41, 5.74) is 5.72. The summed E-state index contributed by atoms with van der Waals surface area (Å²) in [6.45, 7) is 12.9. The van der Waals surface area contributed by atoms with Crippen LogP contribution in [0.2, 0.25) is 0 Å². The second-order valence-electron chi connectivity index (χ2n) is 7.53. The molecule has 1 rings (SSSR count). The molecule has 0 spiro atoms. The highest BCUT2D eigenvalue weighted by Gasteiger charge is 2.32. The van der Waals surface area contributed by atoms with Crippen molar-refractivity contribution in [2.75, 3.05) is 0 Å². The average Bonchev–Trinajstić information content (AvgIpc) is 2.77. The molecule has 20 heavy (non-hydrogen) atoms. The van der Waals surface area contributed by atoms with Crippen molar-refractivity contribution in [3.63, 3.8) is 0 Å². The lowest BCUT2D eigenvalue weighted by atomic mass is 9.84. The van der Waals surface area contributed by atoms with Gasteiger partial charge in [-0.05, 0) is 10.8 Å². The zero-order valence-corrected chi connectivity index (χ0v) is 13.5. The van der Waals surface area contributed by atoms with E-state index in [4.69, 9.17) is 5.73 Å². The number of rotatable bonds is 4. The van der Waals surface area contributed by atoms with Crippen LogP contribution >= 0.6 is 0 Å². The number of imidazole rings is 1. The van der Waals surface area contributed by atoms with E-state index >= 15 is 0 Å². The number of nitrogens with one attached hydrogen (secondary N) is 1. The van der Waals surface area contributed by atoms with Gasteiger partial charge < -0.3 is 15.6 Å². The van der Waals surface area contributed by atoms with Crippen LogP contribution in [0.25, 0.3) is 0 Å². The second-order valence-corrected chi connectivity index (χ2v) is 7.53. The van der Waals surface area contributed by atoms with Crippen LogP contribution < -0.4 is 11.1 Å². The first-order chi connectivity index (χ1) is 9.01. The fraction of sp³-hybridized carbons (Fsp3) is 0.733. The van der Waals surface area contributed by atoms with E-state index in [9.17, 15) is 4.79 Å². The van der Waals surface area contributed by atoms with E-state index in [1.54, 1.807) is 12.5 Å². The topological polar surface area (TPSA) is 72.9 Å². The number of nitrogens with zero attached hydrogens (tertiary/aromatic N) is 2. The van der Waals surface area contributed by atoms with E-state index in [2.05, 4.69) is 31.1 Å². The van der Waals surface area contributed by atoms with Crippen LogP contribution in [-0.2, 0) is 11.3 Å². The van der Waals surface area contributed by atoms with Crippen LogP contribution in [0.1, 0.15) is 41.5 Å². The van der Waals surface area contributed by atoms with E-state index in [0.29, 0.717) is 6.54 Å². The van der Waals surface area contributed by atoms with Gasteiger partial charge in [0, 0.05) is 18.9 Å². The minimum atomic E-state index is -0.518. The second kappa shape index (κ2) is 5.95. The Morgan fingerprint density at radius 2 is 1.85 bits per heavy atom. The molecule has 0 radical (unpaired) electrons. The molecule has 1 aromatic rings. The predicted molar refractivity (Wildman–Crippen MR) is 81.0 cm³/mol. The quantitative estimate of drug-likeness (QED) is 0.883. The zero-order chi connectivity index (χ0) is 15.6. The first-order valence-corrected chi connectivity index (χ1v) is 7.03.